The molecule has 1 heterocycles. The second-order valence-electron chi connectivity index (χ2n) is 6.91. The lowest BCUT2D eigenvalue weighted by molar-refractivity contribution is 0.291. The van der Waals surface area contributed by atoms with Crippen molar-refractivity contribution in [3.63, 3.8) is 0 Å². The average molecular weight is 316 g/mol. The maximum absolute atomic E-state index is 5.88. The average Bonchev–Trinajstić information content (AvgIpc) is 2.91. The molecule has 1 aromatic carbocycles. The van der Waals surface area contributed by atoms with Gasteiger partial charge in [-0.3, -0.25) is 4.90 Å². The summed E-state index contributed by atoms with van der Waals surface area (Å²) in [6.07, 6.45) is 8.07. The maximum Gasteiger partial charge on any atom is 0.134 e. The number of rotatable bonds is 11. The normalized spacial score (nSPS) is 11.9. The van der Waals surface area contributed by atoms with E-state index in [1.165, 1.54) is 50.5 Å². The van der Waals surface area contributed by atoms with E-state index >= 15 is 0 Å². The molecule has 0 aliphatic rings. The highest BCUT2D eigenvalue weighted by atomic mass is 16.3. The minimum absolute atomic E-state index is 0.900. The van der Waals surface area contributed by atoms with E-state index in [0.29, 0.717) is 0 Å². The number of nitrogens with zero attached hydrogens (tertiary/aromatic N) is 2. The van der Waals surface area contributed by atoms with Crippen LogP contribution in [0.2, 0.25) is 0 Å². The Bertz CT molecular complexity index is 529. The van der Waals surface area contributed by atoms with E-state index in [4.69, 9.17) is 4.42 Å². The van der Waals surface area contributed by atoms with E-state index in [2.05, 4.69) is 49.1 Å². The van der Waals surface area contributed by atoms with E-state index in [1.807, 2.05) is 12.1 Å². The molecule has 0 aliphatic carbocycles. The Kier molecular flexibility index (Phi) is 7.63. The van der Waals surface area contributed by atoms with Crippen LogP contribution in [0.5, 0.6) is 0 Å². The van der Waals surface area contributed by atoms with Gasteiger partial charge in [0.15, 0.2) is 0 Å². The zero-order valence-corrected chi connectivity index (χ0v) is 15.1. The molecule has 0 saturated carbocycles. The van der Waals surface area contributed by atoms with Gasteiger partial charge in [0, 0.05) is 5.39 Å². The summed E-state index contributed by atoms with van der Waals surface area (Å²) in [6, 6.07) is 10.4. The molecule has 0 spiro atoms. The summed E-state index contributed by atoms with van der Waals surface area (Å²) >= 11 is 0. The summed E-state index contributed by atoms with van der Waals surface area (Å²) in [5.41, 5.74) is 0.994. The first-order chi connectivity index (χ1) is 11.1. The topological polar surface area (TPSA) is 19.6 Å². The predicted molar refractivity (Wildman–Crippen MR) is 98.8 cm³/mol. The van der Waals surface area contributed by atoms with Gasteiger partial charge in [-0.2, -0.15) is 0 Å². The molecule has 2 rings (SSSR count). The third-order valence-electron chi connectivity index (χ3n) is 4.30. The van der Waals surface area contributed by atoms with Crippen LogP contribution < -0.4 is 0 Å². The lowest BCUT2D eigenvalue weighted by atomic mass is 10.1. The molecule has 2 aromatic rings. The molecule has 0 N–H and O–H groups in total. The van der Waals surface area contributed by atoms with Crippen molar-refractivity contribution in [3.8, 4) is 0 Å². The molecule has 1 aromatic heterocycles. The molecule has 128 valence electrons. The Morgan fingerprint density at radius 3 is 2.17 bits per heavy atom. The molecule has 0 unspecified atom stereocenters. The van der Waals surface area contributed by atoms with E-state index in [-0.39, 0.29) is 0 Å². The molecule has 0 saturated heterocycles. The monoisotopic (exact) mass is 316 g/mol. The highest BCUT2D eigenvalue weighted by Crippen LogP contribution is 2.19. The number of furan rings is 1. The molecule has 23 heavy (non-hydrogen) atoms. The van der Waals surface area contributed by atoms with Gasteiger partial charge in [0.05, 0.1) is 6.54 Å². The Labute approximate surface area is 141 Å². The third kappa shape index (κ3) is 6.76. The summed E-state index contributed by atoms with van der Waals surface area (Å²) in [5.74, 6) is 1.07. The number of para-hydroxylation sites is 1. The van der Waals surface area contributed by atoms with Crippen molar-refractivity contribution in [1.29, 1.82) is 0 Å². The number of hydrogen-bond donors (Lipinski definition) is 0. The maximum atomic E-state index is 5.88. The summed E-state index contributed by atoms with van der Waals surface area (Å²) < 4.78 is 5.88. The van der Waals surface area contributed by atoms with Gasteiger partial charge in [0.2, 0.25) is 0 Å². The van der Waals surface area contributed by atoms with Crippen LogP contribution in [-0.4, -0.2) is 44.0 Å². The van der Waals surface area contributed by atoms with Crippen LogP contribution >= 0.6 is 0 Å². The fourth-order valence-electron chi connectivity index (χ4n) is 2.98. The van der Waals surface area contributed by atoms with Crippen LogP contribution in [0.4, 0.5) is 0 Å². The number of benzene rings is 1. The first-order valence-corrected chi connectivity index (χ1v) is 8.96. The van der Waals surface area contributed by atoms with Gasteiger partial charge in [-0.05, 0) is 59.2 Å². The summed E-state index contributed by atoms with van der Waals surface area (Å²) in [6.45, 7) is 3.27. The predicted octanol–water partition coefficient (Wildman–Crippen LogP) is 4.77. The highest BCUT2D eigenvalue weighted by molar-refractivity contribution is 5.77. The molecule has 0 fully saturated rings. The van der Waals surface area contributed by atoms with Crippen molar-refractivity contribution >= 4 is 11.0 Å². The number of hydrogen-bond acceptors (Lipinski definition) is 3. The Morgan fingerprint density at radius 1 is 0.826 bits per heavy atom. The number of unbranched alkanes of at least 4 members (excludes halogenated alkanes) is 5. The van der Waals surface area contributed by atoms with E-state index in [1.54, 1.807) is 0 Å². The first-order valence-electron chi connectivity index (χ1n) is 8.96. The van der Waals surface area contributed by atoms with Crippen molar-refractivity contribution in [3.05, 3.63) is 36.1 Å². The Morgan fingerprint density at radius 2 is 1.48 bits per heavy atom. The Balaban J connectivity index is 1.55. The van der Waals surface area contributed by atoms with Crippen LogP contribution in [-0.2, 0) is 6.54 Å². The SMILES string of the molecule is CN(C)CCCCCCCCN(C)Cc1cc2ccccc2o1. The summed E-state index contributed by atoms with van der Waals surface area (Å²) in [4.78, 5) is 4.64. The van der Waals surface area contributed by atoms with Gasteiger partial charge >= 0.3 is 0 Å². The van der Waals surface area contributed by atoms with E-state index < -0.39 is 0 Å². The highest BCUT2D eigenvalue weighted by Gasteiger charge is 2.06. The zero-order valence-electron chi connectivity index (χ0n) is 15.1. The van der Waals surface area contributed by atoms with Gasteiger partial charge in [0.25, 0.3) is 0 Å². The van der Waals surface area contributed by atoms with Crippen molar-refractivity contribution < 1.29 is 4.42 Å². The smallest absolute Gasteiger partial charge is 0.134 e. The van der Waals surface area contributed by atoms with Crippen molar-refractivity contribution in [2.75, 3.05) is 34.2 Å². The molecular weight excluding hydrogens is 284 g/mol. The lowest BCUT2D eigenvalue weighted by Gasteiger charge is -2.14. The number of fused-ring (bicyclic) bond motifs is 1. The van der Waals surface area contributed by atoms with Gasteiger partial charge in [0.1, 0.15) is 11.3 Å². The molecule has 3 nitrogen and oxygen atoms in total. The molecular formula is C20H32N2O. The fourth-order valence-corrected chi connectivity index (χ4v) is 2.98. The minimum Gasteiger partial charge on any atom is -0.460 e. The standard InChI is InChI=1S/C20H32N2O/c1-21(2)14-10-6-4-5-7-11-15-22(3)17-19-16-18-12-8-9-13-20(18)23-19/h8-9,12-13,16H,4-7,10-11,14-15,17H2,1-3H3. The summed E-state index contributed by atoms with van der Waals surface area (Å²) in [7, 11) is 6.49. The van der Waals surface area contributed by atoms with E-state index in [0.717, 1.165) is 24.4 Å². The van der Waals surface area contributed by atoms with Gasteiger partial charge in [-0.25, -0.2) is 0 Å². The van der Waals surface area contributed by atoms with Gasteiger partial charge in [-0.15, -0.1) is 0 Å². The third-order valence-corrected chi connectivity index (χ3v) is 4.30. The van der Waals surface area contributed by atoms with Crippen molar-refractivity contribution in [2.24, 2.45) is 0 Å². The quantitative estimate of drug-likeness (QED) is 0.557. The van der Waals surface area contributed by atoms with Crippen LogP contribution in [0.1, 0.15) is 44.3 Å². The summed E-state index contributed by atoms with van der Waals surface area (Å²) in [5, 5.41) is 1.20. The Hall–Kier alpha value is -1.32. The van der Waals surface area contributed by atoms with Crippen molar-refractivity contribution in [2.45, 2.75) is 45.1 Å². The van der Waals surface area contributed by atoms with Gasteiger partial charge < -0.3 is 9.32 Å². The largest absolute Gasteiger partial charge is 0.460 e. The fraction of sp³-hybridized carbons (Fsp3) is 0.600. The van der Waals surface area contributed by atoms with E-state index in [9.17, 15) is 0 Å². The first kappa shape index (κ1) is 18.0. The zero-order chi connectivity index (χ0) is 16.5. The molecule has 0 radical (unpaired) electrons. The van der Waals surface area contributed by atoms with Crippen LogP contribution in [0.3, 0.4) is 0 Å². The lowest BCUT2D eigenvalue weighted by Crippen LogP contribution is -2.18. The second kappa shape index (κ2) is 9.74. The van der Waals surface area contributed by atoms with Crippen LogP contribution in [0.15, 0.2) is 34.7 Å². The molecule has 0 atom stereocenters. The second-order valence-corrected chi connectivity index (χ2v) is 6.91. The van der Waals surface area contributed by atoms with Crippen LogP contribution in [0, 0.1) is 0 Å². The van der Waals surface area contributed by atoms with Crippen molar-refractivity contribution in [1.82, 2.24) is 9.80 Å². The van der Waals surface area contributed by atoms with Gasteiger partial charge in [-0.1, -0.05) is 43.9 Å². The molecule has 0 aliphatic heterocycles. The molecule has 0 bridgehead atoms. The molecule has 3 heteroatoms. The van der Waals surface area contributed by atoms with Crippen LogP contribution in [0.25, 0.3) is 11.0 Å². The molecule has 0 amide bonds. The minimum atomic E-state index is 0.900.